The van der Waals surface area contributed by atoms with Gasteiger partial charge >= 0.3 is 6.18 Å². The van der Waals surface area contributed by atoms with Crippen molar-refractivity contribution in [1.29, 1.82) is 0 Å². The summed E-state index contributed by atoms with van der Waals surface area (Å²) in [5.41, 5.74) is 5.59. The molecule has 0 spiro atoms. The first-order valence-corrected chi connectivity index (χ1v) is 6.50. The Labute approximate surface area is 120 Å². The molecule has 2 N–H and O–H groups in total. The van der Waals surface area contributed by atoms with Crippen molar-refractivity contribution in [3.63, 3.8) is 0 Å². The monoisotopic (exact) mass is 296 g/mol. The van der Waals surface area contributed by atoms with Gasteiger partial charge < -0.3 is 10.5 Å². The summed E-state index contributed by atoms with van der Waals surface area (Å²) in [4.78, 5) is 3.65. The molecule has 6 heteroatoms. The van der Waals surface area contributed by atoms with E-state index < -0.39 is 17.6 Å². The summed E-state index contributed by atoms with van der Waals surface area (Å²) >= 11 is 0. The van der Waals surface area contributed by atoms with Crippen molar-refractivity contribution in [3.05, 3.63) is 53.7 Å². The van der Waals surface area contributed by atoms with Crippen LogP contribution >= 0.6 is 0 Å². The number of alkyl halides is 3. The minimum Gasteiger partial charge on any atom is -0.438 e. The quantitative estimate of drug-likeness (QED) is 0.913. The number of pyridine rings is 1. The number of rotatable bonds is 5. The molecular formula is C15H15F3N2O. The molecule has 0 bridgehead atoms. The van der Waals surface area contributed by atoms with Crippen LogP contribution in [-0.2, 0) is 12.6 Å². The lowest BCUT2D eigenvalue weighted by molar-refractivity contribution is -0.138. The van der Waals surface area contributed by atoms with Gasteiger partial charge in [0.2, 0.25) is 5.88 Å². The average Bonchev–Trinajstić information content (AvgIpc) is 2.46. The number of aryl methyl sites for hydroxylation is 1. The van der Waals surface area contributed by atoms with Crippen LogP contribution in [0.1, 0.15) is 17.5 Å². The standard InChI is InChI=1S/C15H15F3N2O/c16-15(17,18)13-4-2-10-20-14(13)21-12-7-5-11(6-8-12)3-1-9-19/h2,4-8,10H,1,3,9,19H2. The van der Waals surface area contributed by atoms with Gasteiger partial charge in [-0.05, 0) is 49.2 Å². The van der Waals surface area contributed by atoms with Crippen LogP contribution in [0, 0.1) is 0 Å². The van der Waals surface area contributed by atoms with Crippen LogP contribution in [0.15, 0.2) is 42.6 Å². The van der Waals surface area contributed by atoms with E-state index in [-0.39, 0.29) is 0 Å². The van der Waals surface area contributed by atoms with E-state index in [4.69, 9.17) is 10.5 Å². The molecule has 3 nitrogen and oxygen atoms in total. The molecular weight excluding hydrogens is 281 g/mol. The maximum Gasteiger partial charge on any atom is 0.421 e. The lowest BCUT2D eigenvalue weighted by atomic mass is 10.1. The van der Waals surface area contributed by atoms with Crippen molar-refractivity contribution in [2.75, 3.05) is 6.54 Å². The minimum atomic E-state index is -4.50. The van der Waals surface area contributed by atoms with Crippen LogP contribution in [0.4, 0.5) is 13.2 Å². The molecule has 0 amide bonds. The van der Waals surface area contributed by atoms with Gasteiger partial charge in [-0.3, -0.25) is 0 Å². The predicted molar refractivity (Wildman–Crippen MR) is 73.1 cm³/mol. The smallest absolute Gasteiger partial charge is 0.421 e. The highest BCUT2D eigenvalue weighted by Crippen LogP contribution is 2.36. The second-order valence-corrected chi connectivity index (χ2v) is 4.49. The number of hydrogen-bond donors (Lipinski definition) is 1. The highest BCUT2D eigenvalue weighted by Gasteiger charge is 2.35. The van der Waals surface area contributed by atoms with Gasteiger partial charge in [0.1, 0.15) is 11.3 Å². The van der Waals surface area contributed by atoms with E-state index in [2.05, 4.69) is 4.98 Å². The number of ether oxygens (including phenoxy) is 1. The van der Waals surface area contributed by atoms with Gasteiger partial charge in [-0.2, -0.15) is 13.2 Å². The zero-order valence-electron chi connectivity index (χ0n) is 11.2. The van der Waals surface area contributed by atoms with Gasteiger partial charge in [-0.1, -0.05) is 12.1 Å². The molecule has 0 unspecified atom stereocenters. The SMILES string of the molecule is NCCCc1ccc(Oc2ncccc2C(F)(F)F)cc1. The maximum absolute atomic E-state index is 12.8. The van der Waals surface area contributed by atoms with Gasteiger partial charge in [-0.25, -0.2) is 4.98 Å². The Hall–Kier alpha value is -2.08. The molecule has 0 aliphatic carbocycles. The number of aromatic nitrogens is 1. The molecule has 0 radical (unpaired) electrons. The van der Waals surface area contributed by atoms with Crippen LogP contribution in [-0.4, -0.2) is 11.5 Å². The topological polar surface area (TPSA) is 48.1 Å². The fourth-order valence-corrected chi connectivity index (χ4v) is 1.83. The fourth-order valence-electron chi connectivity index (χ4n) is 1.83. The summed E-state index contributed by atoms with van der Waals surface area (Å²) in [6, 6.07) is 9.04. The number of benzene rings is 1. The molecule has 0 fully saturated rings. The Morgan fingerprint density at radius 2 is 1.81 bits per heavy atom. The molecule has 1 aromatic heterocycles. The minimum absolute atomic E-state index is 0.315. The summed E-state index contributed by atoms with van der Waals surface area (Å²) in [7, 11) is 0. The summed E-state index contributed by atoms with van der Waals surface area (Å²) < 4.78 is 43.7. The third kappa shape index (κ3) is 4.19. The van der Waals surface area contributed by atoms with Crippen LogP contribution in [0.25, 0.3) is 0 Å². The van der Waals surface area contributed by atoms with Crippen LogP contribution < -0.4 is 10.5 Å². The number of halogens is 3. The third-order valence-corrected chi connectivity index (χ3v) is 2.88. The van der Waals surface area contributed by atoms with E-state index in [0.29, 0.717) is 12.3 Å². The summed E-state index contributed by atoms with van der Waals surface area (Å²) in [6.45, 7) is 0.598. The lowest BCUT2D eigenvalue weighted by Gasteiger charge is -2.12. The Kier molecular flexibility index (Phi) is 4.80. The van der Waals surface area contributed by atoms with E-state index in [1.807, 2.05) is 0 Å². The molecule has 2 rings (SSSR count). The molecule has 2 aromatic rings. The molecule has 1 aromatic carbocycles. The van der Waals surface area contributed by atoms with Gasteiger partial charge in [0.25, 0.3) is 0 Å². The second kappa shape index (κ2) is 6.58. The van der Waals surface area contributed by atoms with Crippen molar-refractivity contribution >= 4 is 0 Å². The Morgan fingerprint density at radius 1 is 1.10 bits per heavy atom. The first-order chi connectivity index (χ1) is 10.0. The Bertz CT molecular complexity index is 582. The van der Waals surface area contributed by atoms with Crippen molar-refractivity contribution in [2.45, 2.75) is 19.0 Å². The summed E-state index contributed by atoms with van der Waals surface area (Å²) in [5.74, 6) is -0.129. The average molecular weight is 296 g/mol. The van der Waals surface area contributed by atoms with E-state index >= 15 is 0 Å². The third-order valence-electron chi connectivity index (χ3n) is 2.88. The highest BCUT2D eigenvalue weighted by atomic mass is 19.4. The molecule has 0 saturated heterocycles. The molecule has 112 valence electrons. The first-order valence-electron chi connectivity index (χ1n) is 6.50. The fraction of sp³-hybridized carbons (Fsp3) is 0.267. The first kappa shape index (κ1) is 15.3. The van der Waals surface area contributed by atoms with Gasteiger partial charge in [0.15, 0.2) is 0 Å². The molecule has 0 atom stereocenters. The van der Waals surface area contributed by atoms with Crippen LogP contribution in [0.5, 0.6) is 11.6 Å². The van der Waals surface area contributed by atoms with Crippen LogP contribution in [0.3, 0.4) is 0 Å². The second-order valence-electron chi connectivity index (χ2n) is 4.49. The Balaban J connectivity index is 2.15. The largest absolute Gasteiger partial charge is 0.438 e. The van der Waals surface area contributed by atoms with E-state index in [1.54, 1.807) is 24.3 Å². The maximum atomic E-state index is 12.8. The molecule has 0 aliphatic heterocycles. The zero-order chi connectivity index (χ0) is 15.3. The van der Waals surface area contributed by atoms with E-state index in [0.717, 1.165) is 24.5 Å². The molecule has 1 heterocycles. The van der Waals surface area contributed by atoms with E-state index in [9.17, 15) is 13.2 Å². The highest BCUT2D eigenvalue weighted by molar-refractivity contribution is 5.35. The summed E-state index contributed by atoms with van der Waals surface area (Å²) in [5, 5.41) is 0. The Morgan fingerprint density at radius 3 is 2.43 bits per heavy atom. The molecule has 0 saturated carbocycles. The number of hydrogen-bond acceptors (Lipinski definition) is 3. The van der Waals surface area contributed by atoms with Gasteiger partial charge in [0.05, 0.1) is 0 Å². The predicted octanol–water partition coefficient (Wildman–Crippen LogP) is 3.78. The number of nitrogens with two attached hydrogens (primary N) is 1. The summed E-state index contributed by atoms with van der Waals surface area (Å²) in [6.07, 6.45) is -1.54. The lowest BCUT2D eigenvalue weighted by Crippen LogP contribution is -2.08. The van der Waals surface area contributed by atoms with E-state index in [1.165, 1.54) is 12.3 Å². The molecule has 21 heavy (non-hydrogen) atoms. The zero-order valence-corrected chi connectivity index (χ0v) is 11.2. The molecule has 0 aliphatic rings. The van der Waals surface area contributed by atoms with Crippen molar-refractivity contribution < 1.29 is 17.9 Å². The van der Waals surface area contributed by atoms with Crippen molar-refractivity contribution in [1.82, 2.24) is 4.98 Å². The van der Waals surface area contributed by atoms with Crippen LogP contribution in [0.2, 0.25) is 0 Å². The normalized spacial score (nSPS) is 11.4. The van der Waals surface area contributed by atoms with Gasteiger partial charge in [0, 0.05) is 6.20 Å². The van der Waals surface area contributed by atoms with Gasteiger partial charge in [-0.15, -0.1) is 0 Å². The van der Waals surface area contributed by atoms with Crippen molar-refractivity contribution in [2.24, 2.45) is 5.73 Å². The number of nitrogens with zero attached hydrogens (tertiary/aromatic N) is 1. The van der Waals surface area contributed by atoms with Crippen molar-refractivity contribution in [3.8, 4) is 11.6 Å².